The molecule has 3 nitrogen and oxygen atoms in total. The largest absolute Gasteiger partial charge is 0.483 e. The maximum Gasteiger partial charge on any atom is 0.258 e. The van der Waals surface area contributed by atoms with E-state index in [1.807, 2.05) is 26.0 Å². The predicted octanol–water partition coefficient (Wildman–Crippen LogP) is 5.13. The van der Waals surface area contributed by atoms with Crippen LogP contribution in [0.2, 0.25) is 0 Å². The number of rotatable bonds is 9. The zero-order valence-electron chi connectivity index (χ0n) is 16.2. The number of carbonyl (C=O) groups is 1. The van der Waals surface area contributed by atoms with Gasteiger partial charge in [0.05, 0.1) is 0 Å². The van der Waals surface area contributed by atoms with E-state index in [2.05, 4.69) is 24.4 Å². The minimum absolute atomic E-state index is 0.0598. The van der Waals surface area contributed by atoms with Gasteiger partial charge in [-0.1, -0.05) is 57.2 Å². The van der Waals surface area contributed by atoms with Gasteiger partial charge >= 0.3 is 0 Å². The fourth-order valence-corrected chi connectivity index (χ4v) is 3.87. The van der Waals surface area contributed by atoms with Crippen LogP contribution in [-0.4, -0.2) is 18.6 Å². The second-order valence-corrected chi connectivity index (χ2v) is 8.00. The van der Waals surface area contributed by atoms with Crippen molar-refractivity contribution in [1.29, 1.82) is 0 Å². The van der Waals surface area contributed by atoms with Gasteiger partial charge < -0.3 is 10.1 Å². The van der Waals surface area contributed by atoms with Crippen molar-refractivity contribution in [2.24, 2.45) is 11.8 Å². The maximum absolute atomic E-state index is 11.8. The highest BCUT2D eigenvalue weighted by atomic mass is 16.5. The van der Waals surface area contributed by atoms with Gasteiger partial charge in [-0.2, -0.15) is 0 Å². The van der Waals surface area contributed by atoms with Crippen LogP contribution in [-0.2, 0) is 11.2 Å². The van der Waals surface area contributed by atoms with E-state index in [0.29, 0.717) is 0 Å². The Morgan fingerprint density at radius 2 is 1.88 bits per heavy atom. The van der Waals surface area contributed by atoms with Crippen LogP contribution in [0.25, 0.3) is 0 Å². The van der Waals surface area contributed by atoms with Crippen molar-refractivity contribution in [3.63, 3.8) is 0 Å². The summed E-state index contributed by atoms with van der Waals surface area (Å²) >= 11 is 0. The van der Waals surface area contributed by atoms with Crippen LogP contribution in [0.1, 0.15) is 71.3 Å². The minimum Gasteiger partial charge on any atom is -0.483 e. The SMILES string of the molecule is CC(CCc1ccccc1OCC(=O)NC(C)C)CC1CCCCC1. The summed E-state index contributed by atoms with van der Waals surface area (Å²) in [5, 5.41) is 2.86. The molecule has 1 aliphatic rings. The van der Waals surface area contributed by atoms with E-state index in [-0.39, 0.29) is 18.6 Å². The van der Waals surface area contributed by atoms with E-state index in [9.17, 15) is 4.79 Å². The number of aryl methyl sites for hydroxylation is 1. The molecular formula is C22H35NO2. The van der Waals surface area contributed by atoms with Crippen LogP contribution in [0.15, 0.2) is 24.3 Å². The predicted molar refractivity (Wildman–Crippen MR) is 104 cm³/mol. The second-order valence-electron chi connectivity index (χ2n) is 8.00. The normalized spacial score (nSPS) is 16.6. The van der Waals surface area contributed by atoms with Crippen LogP contribution in [0.4, 0.5) is 0 Å². The average molecular weight is 346 g/mol. The summed E-state index contributed by atoms with van der Waals surface area (Å²) in [6.07, 6.45) is 10.7. The Kier molecular flexibility index (Phi) is 8.30. The Hall–Kier alpha value is -1.51. The van der Waals surface area contributed by atoms with Gasteiger partial charge in [0, 0.05) is 6.04 Å². The summed E-state index contributed by atoms with van der Waals surface area (Å²) in [6.45, 7) is 6.39. The molecule has 1 aromatic carbocycles. The van der Waals surface area contributed by atoms with Gasteiger partial charge in [-0.3, -0.25) is 4.79 Å². The lowest BCUT2D eigenvalue weighted by Crippen LogP contribution is -2.34. The number of carbonyl (C=O) groups excluding carboxylic acids is 1. The smallest absolute Gasteiger partial charge is 0.258 e. The van der Waals surface area contributed by atoms with Crippen LogP contribution in [0, 0.1) is 11.8 Å². The molecule has 1 aromatic rings. The molecule has 0 aromatic heterocycles. The molecule has 140 valence electrons. The molecule has 0 saturated heterocycles. The topological polar surface area (TPSA) is 38.3 Å². The van der Waals surface area contributed by atoms with Gasteiger partial charge in [0.2, 0.25) is 0 Å². The fraction of sp³-hybridized carbons (Fsp3) is 0.682. The molecular weight excluding hydrogens is 310 g/mol. The minimum atomic E-state index is -0.0598. The molecule has 0 aliphatic heterocycles. The van der Waals surface area contributed by atoms with Gasteiger partial charge in [-0.25, -0.2) is 0 Å². The number of amides is 1. The van der Waals surface area contributed by atoms with E-state index in [1.54, 1.807) is 0 Å². The van der Waals surface area contributed by atoms with E-state index in [4.69, 9.17) is 4.74 Å². The highest BCUT2D eigenvalue weighted by molar-refractivity contribution is 5.77. The molecule has 0 spiro atoms. The van der Waals surface area contributed by atoms with Crippen LogP contribution in [0.3, 0.4) is 0 Å². The zero-order valence-corrected chi connectivity index (χ0v) is 16.2. The quantitative estimate of drug-likeness (QED) is 0.674. The van der Waals surface area contributed by atoms with Crippen molar-refractivity contribution in [3.8, 4) is 5.75 Å². The molecule has 1 N–H and O–H groups in total. The molecule has 0 bridgehead atoms. The van der Waals surface area contributed by atoms with Crippen molar-refractivity contribution < 1.29 is 9.53 Å². The molecule has 3 heteroatoms. The molecule has 1 fully saturated rings. The van der Waals surface area contributed by atoms with Gasteiger partial charge in [-0.15, -0.1) is 0 Å². The van der Waals surface area contributed by atoms with Crippen molar-refractivity contribution in [1.82, 2.24) is 5.32 Å². The second kappa shape index (κ2) is 10.5. The number of ether oxygens (including phenoxy) is 1. The first-order chi connectivity index (χ1) is 12.0. The van der Waals surface area contributed by atoms with Crippen molar-refractivity contribution in [3.05, 3.63) is 29.8 Å². The average Bonchev–Trinajstić information content (AvgIpc) is 2.59. The van der Waals surface area contributed by atoms with E-state index in [1.165, 1.54) is 50.5 Å². The maximum atomic E-state index is 11.8. The Balaban J connectivity index is 1.79. The summed E-state index contributed by atoms with van der Waals surface area (Å²) in [5.41, 5.74) is 1.22. The van der Waals surface area contributed by atoms with Crippen LogP contribution in [0.5, 0.6) is 5.75 Å². The first-order valence-corrected chi connectivity index (χ1v) is 10.0. The van der Waals surface area contributed by atoms with Crippen molar-refractivity contribution in [2.75, 3.05) is 6.61 Å². The number of hydrogen-bond donors (Lipinski definition) is 1. The summed E-state index contributed by atoms with van der Waals surface area (Å²) in [7, 11) is 0. The van der Waals surface area contributed by atoms with Crippen LogP contribution >= 0.6 is 0 Å². The number of hydrogen-bond acceptors (Lipinski definition) is 2. The molecule has 1 unspecified atom stereocenters. The third-order valence-corrected chi connectivity index (χ3v) is 5.15. The third kappa shape index (κ3) is 7.50. The molecule has 1 atom stereocenters. The molecule has 2 rings (SSSR count). The Morgan fingerprint density at radius 3 is 2.60 bits per heavy atom. The fourth-order valence-electron chi connectivity index (χ4n) is 3.87. The first kappa shape index (κ1) is 19.8. The summed E-state index contributed by atoms with van der Waals surface area (Å²) in [4.78, 5) is 11.8. The van der Waals surface area contributed by atoms with Gasteiger partial charge in [-0.05, 0) is 56.6 Å². The summed E-state index contributed by atoms with van der Waals surface area (Å²) < 4.78 is 5.77. The Bertz CT molecular complexity index is 521. The van der Waals surface area contributed by atoms with Crippen molar-refractivity contribution in [2.45, 2.75) is 78.2 Å². The number of benzene rings is 1. The molecule has 25 heavy (non-hydrogen) atoms. The lowest BCUT2D eigenvalue weighted by molar-refractivity contribution is -0.123. The van der Waals surface area contributed by atoms with E-state index in [0.717, 1.165) is 24.0 Å². The van der Waals surface area contributed by atoms with Gasteiger partial charge in [0.15, 0.2) is 6.61 Å². The van der Waals surface area contributed by atoms with Gasteiger partial charge in [0.1, 0.15) is 5.75 Å². The zero-order chi connectivity index (χ0) is 18.1. The number of para-hydroxylation sites is 1. The Morgan fingerprint density at radius 1 is 1.16 bits per heavy atom. The monoisotopic (exact) mass is 345 g/mol. The first-order valence-electron chi connectivity index (χ1n) is 10.0. The lowest BCUT2D eigenvalue weighted by atomic mass is 9.82. The van der Waals surface area contributed by atoms with Crippen molar-refractivity contribution >= 4 is 5.91 Å². The molecule has 1 saturated carbocycles. The lowest BCUT2D eigenvalue weighted by Gasteiger charge is -2.24. The third-order valence-electron chi connectivity index (χ3n) is 5.15. The molecule has 0 heterocycles. The molecule has 1 amide bonds. The van der Waals surface area contributed by atoms with E-state index < -0.39 is 0 Å². The van der Waals surface area contributed by atoms with Crippen LogP contribution < -0.4 is 10.1 Å². The summed E-state index contributed by atoms with van der Waals surface area (Å²) in [6, 6.07) is 8.28. The highest BCUT2D eigenvalue weighted by Crippen LogP contribution is 2.31. The van der Waals surface area contributed by atoms with Gasteiger partial charge in [0.25, 0.3) is 5.91 Å². The summed E-state index contributed by atoms with van der Waals surface area (Å²) in [5.74, 6) is 2.48. The highest BCUT2D eigenvalue weighted by Gasteiger charge is 2.17. The Labute approximate surface area is 153 Å². The van der Waals surface area contributed by atoms with E-state index >= 15 is 0 Å². The molecule has 1 aliphatic carbocycles. The standard InChI is InChI=1S/C22H35NO2/c1-17(2)23-22(24)16-25-21-12-8-7-11-20(21)14-13-18(3)15-19-9-5-4-6-10-19/h7-8,11-12,17-19H,4-6,9-10,13-16H2,1-3H3,(H,23,24). The molecule has 0 radical (unpaired) electrons. The number of nitrogens with one attached hydrogen (secondary N) is 1.